The molecule has 1 saturated heterocycles. The Bertz CT molecular complexity index is 1070. The first-order valence-electron chi connectivity index (χ1n) is 10.3. The van der Waals surface area contributed by atoms with Crippen LogP contribution in [0.25, 0.3) is 5.69 Å². The summed E-state index contributed by atoms with van der Waals surface area (Å²) in [7, 11) is 0. The molecule has 32 heavy (non-hydrogen) atoms. The van der Waals surface area contributed by atoms with E-state index in [2.05, 4.69) is 15.9 Å². The van der Waals surface area contributed by atoms with Crippen LogP contribution in [0.2, 0.25) is 0 Å². The molecule has 4 rings (SSSR count). The minimum atomic E-state index is -0.340. The Hall–Kier alpha value is -1.98. The predicted molar refractivity (Wildman–Crippen MR) is 128 cm³/mol. The summed E-state index contributed by atoms with van der Waals surface area (Å²) in [5.74, 6) is 0.981. The highest BCUT2D eigenvalue weighted by Gasteiger charge is 2.26. The molecule has 1 aromatic heterocycles. The molecule has 2 amide bonds. The van der Waals surface area contributed by atoms with Crippen molar-refractivity contribution in [2.75, 3.05) is 44.3 Å². The van der Waals surface area contributed by atoms with E-state index < -0.39 is 0 Å². The van der Waals surface area contributed by atoms with Crippen molar-refractivity contribution < 1.29 is 14.3 Å². The third-order valence-electron chi connectivity index (χ3n) is 5.23. The highest BCUT2D eigenvalue weighted by Crippen LogP contribution is 2.30. The number of aromatic nitrogens is 2. The first kappa shape index (κ1) is 23.2. The van der Waals surface area contributed by atoms with Crippen LogP contribution in [0.4, 0.5) is 4.79 Å². The SMILES string of the molecule is CCOC(=O)N1CCN(C(=O)CSc2nc3c(c(=O)n2-c2ccc(Br)cc2)SCC3)CC1. The molecule has 0 aliphatic carbocycles. The minimum absolute atomic E-state index is 0.0370. The summed E-state index contributed by atoms with van der Waals surface area (Å²) in [4.78, 5) is 46.7. The van der Waals surface area contributed by atoms with E-state index in [1.807, 2.05) is 24.3 Å². The number of thioether (sulfide) groups is 2. The van der Waals surface area contributed by atoms with Gasteiger partial charge < -0.3 is 14.5 Å². The number of ether oxygens (including phenoxy) is 1. The second kappa shape index (κ2) is 10.3. The van der Waals surface area contributed by atoms with E-state index >= 15 is 0 Å². The van der Waals surface area contributed by atoms with E-state index in [1.165, 1.54) is 23.5 Å². The highest BCUT2D eigenvalue weighted by atomic mass is 79.9. The molecular weight excluding hydrogens is 516 g/mol. The summed E-state index contributed by atoms with van der Waals surface area (Å²) in [5.41, 5.74) is 1.45. The second-order valence-corrected chi connectivity index (χ2v) is 10.2. The maximum atomic E-state index is 13.2. The Morgan fingerprint density at radius 3 is 2.53 bits per heavy atom. The van der Waals surface area contributed by atoms with Gasteiger partial charge in [0, 0.05) is 42.8 Å². The Kier molecular flexibility index (Phi) is 7.47. The average Bonchev–Trinajstić information content (AvgIpc) is 3.28. The first-order chi connectivity index (χ1) is 15.5. The van der Waals surface area contributed by atoms with Crippen LogP contribution in [-0.2, 0) is 16.0 Å². The monoisotopic (exact) mass is 538 g/mol. The number of hydrogen-bond acceptors (Lipinski definition) is 7. The van der Waals surface area contributed by atoms with Gasteiger partial charge in [0.2, 0.25) is 5.91 Å². The van der Waals surface area contributed by atoms with Crippen molar-refractivity contribution in [2.45, 2.75) is 23.4 Å². The Morgan fingerprint density at radius 2 is 1.84 bits per heavy atom. The normalized spacial score (nSPS) is 15.6. The molecule has 0 atom stereocenters. The van der Waals surface area contributed by atoms with Gasteiger partial charge in [0.1, 0.15) is 0 Å². The first-order valence-corrected chi connectivity index (χ1v) is 13.1. The summed E-state index contributed by atoms with van der Waals surface area (Å²) in [5, 5.41) is 0.525. The molecule has 0 N–H and O–H groups in total. The molecule has 1 fully saturated rings. The van der Waals surface area contributed by atoms with Gasteiger partial charge in [-0.05, 0) is 31.2 Å². The minimum Gasteiger partial charge on any atom is -0.450 e. The zero-order chi connectivity index (χ0) is 22.7. The predicted octanol–water partition coefficient (Wildman–Crippen LogP) is 3.04. The van der Waals surface area contributed by atoms with Crippen LogP contribution >= 0.6 is 39.5 Å². The lowest BCUT2D eigenvalue weighted by atomic mass is 10.3. The van der Waals surface area contributed by atoms with Gasteiger partial charge in [0.25, 0.3) is 5.56 Å². The van der Waals surface area contributed by atoms with Gasteiger partial charge in [-0.3, -0.25) is 14.2 Å². The molecule has 1 aromatic carbocycles. The van der Waals surface area contributed by atoms with Crippen LogP contribution in [0.3, 0.4) is 0 Å². The molecule has 0 unspecified atom stereocenters. The number of carbonyl (C=O) groups excluding carboxylic acids is 2. The van der Waals surface area contributed by atoms with Gasteiger partial charge >= 0.3 is 6.09 Å². The van der Waals surface area contributed by atoms with Crippen molar-refractivity contribution in [2.24, 2.45) is 0 Å². The quantitative estimate of drug-likeness (QED) is 0.427. The molecule has 0 radical (unpaired) electrons. The molecule has 0 spiro atoms. The van der Waals surface area contributed by atoms with E-state index in [-0.39, 0.29) is 23.3 Å². The third-order valence-corrected chi connectivity index (χ3v) is 7.79. The molecule has 0 bridgehead atoms. The van der Waals surface area contributed by atoms with Crippen molar-refractivity contribution in [1.82, 2.24) is 19.4 Å². The number of carbonyl (C=O) groups is 2. The van der Waals surface area contributed by atoms with Gasteiger partial charge in [0.05, 0.1) is 28.6 Å². The Morgan fingerprint density at radius 1 is 1.16 bits per heavy atom. The van der Waals surface area contributed by atoms with Gasteiger partial charge in [0.15, 0.2) is 5.16 Å². The number of nitrogens with zero attached hydrogens (tertiary/aromatic N) is 4. The zero-order valence-corrected chi connectivity index (χ0v) is 20.8. The zero-order valence-electron chi connectivity index (χ0n) is 17.6. The number of rotatable bonds is 5. The smallest absolute Gasteiger partial charge is 0.409 e. The Labute approximate surface area is 202 Å². The maximum absolute atomic E-state index is 13.2. The standard InChI is InChI=1S/C21H23BrN4O4S2/c1-2-30-21(29)25-10-8-24(9-11-25)17(27)13-32-20-23-16-7-12-31-18(16)19(28)26(20)15-5-3-14(22)4-6-15/h3-6H,2,7-13H2,1H3. The van der Waals surface area contributed by atoms with Gasteiger partial charge in [-0.2, -0.15) is 0 Å². The molecular formula is C21H23BrN4O4S2. The van der Waals surface area contributed by atoms with Crippen molar-refractivity contribution in [3.8, 4) is 5.69 Å². The van der Waals surface area contributed by atoms with Crippen LogP contribution in [0, 0.1) is 0 Å². The molecule has 3 heterocycles. The van der Waals surface area contributed by atoms with Crippen molar-refractivity contribution in [1.29, 1.82) is 0 Å². The van der Waals surface area contributed by atoms with E-state index in [9.17, 15) is 14.4 Å². The summed E-state index contributed by atoms with van der Waals surface area (Å²) in [6, 6.07) is 7.48. The molecule has 2 aromatic rings. The van der Waals surface area contributed by atoms with Crippen molar-refractivity contribution in [3.63, 3.8) is 0 Å². The number of aryl methyl sites for hydroxylation is 1. The number of fused-ring (bicyclic) bond motifs is 1. The molecule has 170 valence electrons. The lowest BCUT2D eigenvalue weighted by Gasteiger charge is -2.34. The number of halogens is 1. The summed E-state index contributed by atoms with van der Waals surface area (Å²) in [6.07, 6.45) is 0.418. The van der Waals surface area contributed by atoms with Crippen LogP contribution in [0.1, 0.15) is 12.6 Å². The van der Waals surface area contributed by atoms with Crippen LogP contribution in [0.5, 0.6) is 0 Å². The molecule has 11 heteroatoms. The fourth-order valence-corrected chi connectivity index (χ4v) is 5.80. The molecule has 2 aliphatic heterocycles. The number of piperazine rings is 1. The Balaban J connectivity index is 1.48. The van der Waals surface area contributed by atoms with Gasteiger partial charge in [-0.25, -0.2) is 9.78 Å². The van der Waals surface area contributed by atoms with E-state index in [1.54, 1.807) is 21.3 Å². The number of hydrogen-bond donors (Lipinski definition) is 0. The molecule has 0 saturated carbocycles. The van der Waals surface area contributed by atoms with Gasteiger partial charge in [-0.1, -0.05) is 27.7 Å². The summed E-state index contributed by atoms with van der Waals surface area (Å²) >= 11 is 6.24. The van der Waals surface area contributed by atoms with Gasteiger partial charge in [-0.15, -0.1) is 11.8 Å². The number of amides is 2. The third kappa shape index (κ3) is 4.99. The maximum Gasteiger partial charge on any atom is 0.409 e. The number of benzene rings is 1. The lowest BCUT2D eigenvalue weighted by Crippen LogP contribution is -2.51. The fourth-order valence-electron chi connectivity index (χ4n) is 3.58. The average molecular weight is 539 g/mol. The lowest BCUT2D eigenvalue weighted by molar-refractivity contribution is -0.129. The van der Waals surface area contributed by atoms with E-state index in [0.717, 1.165) is 28.0 Å². The summed E-state index contributed by atoms with van der Waals surface area (Å²) < 4.78 is 7.54. The van der Waals surface area contributed by atoms with E-state index in [4.69, 9.17) is 9.72 Å². The molecule has 2 aliphatic rings. The largest absolute Gasteiger partial charge is 0.450 e. The second-order valence-electron chi connectivity index (χ2n) is 7.24. The van der Waals surface area contributed by atoms with Crippen LogP contribution < -0.4 is 5.56 Å². The molecule has 8 nitrogen and oxygen atoms in total. The van der Waals surface area contributed by atoms with Crippen molar-refractivity contribution >= 4 is 51.5 Å². The highest BCUT2D eigenvalue weighted by molar-refractivity contribution is 9.10. The van der Waals surface area contributed by atoms with E-state index in [0.29, 0.717) is 42.8 Å². The van der Waals surface area contributed by atoms with Crippen molar-refractivity contribution in [3.05, 3.63) is 44.8 Å². The summed E-state index contributed by atoms with van der Waals surface area (Å²) in [6.45, 7) is 3.94. The topological polar surface area (TPSA) is 84.7 Å². The van der Waals surface area contributed by atoms with Crippen LogP contribution in [0.15, 0.2) is 43.6 Å². The van der Waals surface area contributed by atoms with Crippen LogP contribution in [-0.4, -0.2) is 75.6 Å². The fraction of sp³-hybridized carbons (Fsp3) is 0.429.